The Morgan fingerprint density at radius 1 is 1.29 bits per heavy atom. The number of rotatable bonds is 3. The van der Waals surface area contributed by atoms with Gasteiger partial charge in [0.2, 0.25) is 11.8 Å². The maximum Gasteiger partial charge on any atom is 0.260 e. The second kappa shape index (κ2) is 5.53. The molecule has 0 radical (unpaired) electrons. The van der Waals surface area contributed by atoms with Crippen LogP contribution in [0.2, 0.25) is 0 Å². The van der Waals surface area contributed by atoms with E-state index in [1.165, 1.54) is 0 Å². The Labute approximate surface area is 139 Å². The molecule has 2 aliphatic heterocycles. The molecule has 1 aliphatic carbocycles. The molecule has 3 fully saturated rings. The fourth-order valence-corrected chi connectivity index (χ4v) is 3.98. The second-order valence-corrected chi connectivity index (χ2v) is 7.16. The number of amides is 2. The summed E-state index contributed by atoms with van der Waals surface area (Å²) in [5.41, 5.74) is -1.68. The van der Waals surface area contributed by atoms with Crippen molar-refractivity contribution < 1.29 is 18.5 Å². The number of hydrogen-bond donors (Lipinski definition) is 0. The van der Waals surface area contributed by atoms with Crippen LogP contribution < -0.4 is 0 Å². The first-order valence-corrected chi connectivity index (χ1v) is 8.54. The van der Waals surface area contributed by atoms with E-state index in [-0.39, 0.29) is 17.9 Å². The van der Waals surface area contributed by atoms with Crippen LogP contribution >= 0.6 is 0 Å². The fourth-order valence-electron chi connectivity index (χ4n) is 3.98. The van der Waals surface area contributed by atoms with Gasteiger partial charge in [-0.25, -0.2) is 4.39 Å². The molecule has 2 amide bonds. The van der Waals surface area contributed by atoms with Crippen LogP contribution in [0.15, 0.2) is 4.52 Å². The molecule has 0 aromatic carbocycles. The molecule has 130 valence electrons. The normalized spacial score (nSPS) is 26.9. The lowest BCUT2D eigenvalue weighted by Gasteiger charge is -2.45. The number of carbonyl (C=O) groups is 2. The number of carbonyl (C=O) groups excluding carboxylic acids is 2. The first-order valence-electron chi connectivity index (χ1n) is 8.54. The summed E-state index contributed by atoms with van der Waals surface area (Å²) in [6, 6.07) is -0.0273. The number of halogens is 1. The molecular weight excluding hydrogens is 315 g/mol. The molecule has 8 heteroatoms. The largest absolute Gasteiger partial charge is 0.339 e. The predicted molar refractivity (Wildman–Crippen MR) is 80.8 cm³/mol. The lowest BCUT2D eigenvalue weighted by atomic mass is 9.98. The van der Waals surface area contributed by atoms with E-state index >= 15 is 0 Å². The Morgan fingerprint density at radius 2 is 2.00 bits per heavy atom. The van der Waals surface area contributed by atoms with Crippen LogP contribution in [0.3, 0.4) is 0 Å². The zero-order valence-electron chi connectivity index (χ0n) is 13.7. The van der Waals surface area contributed by atoms with Crippen LogP contribution in [0.5, 0.6) is 0 Å². The SMILES string of the molecule is Cc1noc(C2CC(=O)N(C3CN(C(=O)C4(F)CCCC4)C3)C2)n1. The Hall–Kier alpha value is -1.99. The van der Waals surface area contributed by atoms with Crippen molar-refractivity contribution in [1.29, 1.82) is 0 Å². The molecule has 1 atom stereocenters. The average molecular weight is 336 g/mol. The maximum atomic E-state index is 14.5. The van der Waals surface area contributed by atoms with Crippen molar-refractivity contribution in [3.8, 4) is 0 Å². The number of aromatic nitrogens is 2. The molecule has 3 heterocycles. The topological polar surface area (TPSA) is 79.5 Å². The summed E-state index contributed by atoms with van der Waals surface area (Å²) in [4.78, 5) is 32.1. The number of likely N-dealkylation sites (tertiary alicyclic amines) is 2. The lowest BCUT2D eigenvalue weighted by molar-refractivity contribution is -0.154. The molecule has 4 rings (SSSR count). The number of hydrogen-bond acceptors (Lipinski definition) is 5. The minimum Gasteiger partial charge on any atom is -0.339 e. The molecular formula is C16H21FN4O3. The van der Waals surface area contributed by atoms with Gasteiger partial charge in [-0.3, -0.25) is 9.59 Å². The van der Waals surface area contributed by atoms with E-state index in [0.29, 0.717) is 50.6 Å². The molecule has 0 spiro atoms. The van der Waals surface area contributed by atoms with Gasteiger partial charge in [0, 0.05) is 26.1 Å². The molecule has 3 aliphatic rings. The molecule has 1 unspecified atom stereocenters. The van der Waals surface area contributed by atoms with Gasteiger partial charge in [0.15, 0.2) is 11.5 Å². The molecule has 2 saturated heterocycles. The van der Waals surface area contributed by atoms with Crippen LogP contribution in [-0.2, 0) is 9.59 Å². The van der Waals surface area contributed by atoms with Gasteiger partial charge in [0.05, 0.1) is 12.0 Å². The summed E-state index contributed by atoms with van der Waals surface area (Å²) in [5, 5.41) is 3.77. The number of nitrogens with zero attached hydrogens (tertiary/aromatic N) is 4. The molecule has 7 nitrogen and oxygen atoms in total. The van der Waals surface area contributed by atoms with Gasteiger partial charge < -0.3 is 14.3 Å². The van der Waals surface area contributed by atoms with Gasteiger partial charge in [-0.15, -0.1) is 0 Å². The predicted octanol–water partition coefficient (Wildman–Crippen LogP) is 1.19. The van der Waals surface area contributed by atoms with Crippen molar-refractivity contribution in [3.63, 3.8) is 0 Å². The minimum atomic E-state index is -1.68. The molecule has 0 bridgehead atoms. The zero-order valence-corrected chi connectivity index (χ0v) is 13.7. The standard InChI is InChI=1S/C16H21FN4O3/c1-10-18-14(24-19-10)11-6-13(22)21(7-11)12-8-20(9-12)15(23)16(17)4-2-3-5-16/h11-12H,2-9H2,1H3. The van der Waals surface area contributed by atoms with Crippen molar-refractivity contribution in [1.82, 2.24) is 19.9 Å². The highest BCUT2D eigenvalue weighted by molar-refractivity contribution is 5.87. The van der Waals surface area contributed by atoms with E-state index in [0.717, 1.165) is 12.8 Å². The molecule has 0 N–H and O–H groups in total. The third-order valence-electron chi connectivity index (χ3n) is 5.42. The van der Waals surface area contributed by atoms with Crippen molar-refractivity contribution in [2.24, 2.45) is 0 Å². The Morgan fingerprint density at radius 3 is 2.62 bits per heavy atom. The first kappa shape index (κ1) is 15.5. The summed E-state index contributed by atoms with van der Waals surface area (Å²) < 4.78 is 19.7. The fraction of sp³-hybridized carbons (Fsp3) is 0.750. The zero-order chi connectivity index (χ0) is 16.9. The van der Waals surface area contributed by atoms with E-state index < -0.39 is 11.6 Å². The number of alkyl halides is 1. The van der Waals surface area contributed by atoms with Crippen molar-refractivity contribution in [2.45, 2.75) is 56.7 Å². The second-order valence-electron chi connectivity index (χ2n) is 7.16. The van der Waals surface area contributed by atoms with E-state index in [9.17, 15) is 14.0 Å². The van der Waals surface area contributed by atoms with Crippen LogP contribution in [0, 0.1) is 6.92 Å². The van der Waals surface area contributed by atoms with Gasteiger partial charge in [0.1, 0.15) is 0 Å². The Bertz CT molecular complexity index is 664. The molecule has 24 heavy (non-hydrogen) atoms. The Kier molecular flexibility index (Phi) is 3.58. The Balaban J connectivity index is 1.35. The lowest BCUT2D eigenvalue weighted by Crippen LogP contribution is -2.64. The molecule has 1 saturated carbocycles. The van der Waals surface area contributed by atoms with Crippen LogP contribution in [0.25, 0.3) is 0 Å². The van der Waals surface area contributed by atoms with Crippen LogP contribution in [0.1, 0.15) is 49.7 Å². The maximum absolute atomic E-state index is 14.5. The minimum absolute atomic E-state index is 0.0273. The van der Waals surface area contributed by atoms with E-state index in [1.54, 1.807) is 16.7 Å². The van der Waals surface area contributed by atoms with Gasteiger partial charge >= 0.3 is 0 Å². The van der Waals surface area contributed by atoms with Crippen molar-refractivity contribution in [2.75, 3.05) is 19.6 Å². The van der Waals surface area contributed by atoms with Crippen molar-refractivity contribution in [3.05, 3.63) is 11.7 Å². The van der Waals surface area contributed by atoms with E-state index in [2.05, 4.69) is 10.1 Å². The summed E-state index contributed by atoms with van der Waals surface area (Å²) in [5.74, 6) is 0.590. The van der Waals surface area contributed by atoms with Gasteiger partial charge in [0.25, 0.3) is 5.91 Å². The van der Waals surface area contributed by atoms with Gasteiger partial charge in [-0.2, -0.15) is 4.98 Å². The van der Waals surface area contributed by atoms with Gasteiger partial charge in [-0.05, 0) is 32.6 Å². The third-order valence-corrected chi connectivity index (χ3v) is 5.42. The highest BCUT2D eigenvalue weighted by Gasteiger charge is 2.49. The van der Waals surface area contributed by atoms with E-state index in [4.69, 9.17) is 4.52 Å². The molecule has 1 aromatic rings. The summed E-state index contributed by atoms with van der Waals surface area (Å²) in [6.45, 7) is 3.11. The van der Waals surface area contributed by atoms with Gasteiger partial charge in [-0.1, -0.05) is 5.16 Å². The first-order chi connectivity index (χ1) is 11.5. The highest BCUT2D eigenvalue weighted by Crippen LogP contribution is 2.37. The number of aryl methyl sites for hydroxylation is 1. The average Bonchev–Trinajstić information content (AvgIpc) is 3.20. The molecule has 1 aromatic heterocycles. The monoisotopic (exact) mass is 336 g/mol. The highest BCUT2D eigenvalue weighted by atomic mass is 19.1. The van der Waals surface area contributed by atoms with Crippen LogP contribution in [-0.4, -0.2) is 63.1 Å². The summed E-state index contributed by atoms with van der Waals surface area (Å²) >= 11 is 0. The van der Waals surface area contributed by atoms with E-state index in [1.807, 2.05) is 0 Å². The quantitative estimate of drug-likeness (QED) is 0.828. The van der Waals surface area contributed by atoms with Crippen molar-refractivity contribution >= 4 is 11.8 Å². The van der Waals surface area contributed by atoms with Crippen LogP contribution in [0.4, 0.5) is 4.39 Å². The summed E-state index contributed by atoms with van der Waals surface area (Å²) in [6.07, 6.45) is 2.55. The smallest absolute Gasteiger partial charge is 0.260 e. The third kappa shape index (κ3) is 2.48. The summed E-state index contributed by atoms with van der Waals surface area (Å²) in [7, 11) is 0.